The molecule has 0 amide bonds. The molecule has 0 saturated carbocycles. The molecule has 0 radical (unpaired) electrons. The SMILES string of the molecule is Cc1ccc(C)c(Nc2nc(N[C@@H]3CCS(=O)(=O)C3)nc3nccnc23)c1. The molecule has 1 aromatic carbocycles. The van der Waals surface area contributed by atoms with Crippen LogP contribution >= 0.6 is 0 Å². The van der Waals surface area contributed by atoms with Crippen molar-refractivity contribution >= 4 is 38.5 Å². The molecule has 9 heteroatoms. The second-order valence-electron chi connectivity index (χ2n) is 6.81. The summed E-state index contributed by atoms with van der Waals surface area (Å²) in [4.78, 5) is 17.6. The molecular weight excluding hydrogens is 364 g/mol. The minimum absolute atomic E-state index is 0.0919. The summed E-state index contributed by atoms with van der Waals surface area (Å²) < 4.78 is 23.4. The number of aromatic nitrogens is 4. The molecule has 0 unspecified atom stereocenters. The van der Waals surface area contributed by atoms with E-state index < -0.39 is 9.84 Å². The summed E-state index contributed by atoms with van der Waals surface area (Å²) in [7, 11) is -2.99. The first-order valence-corrected chi connectivity index (χ1v) is 10.5. The smallest absolute Gasteiger partial charge is 0.227 e. The molecule has 140 valence electrons. The van der Waals surface area contributed by atoms with E-state index >= 15 is 0 Å². The number of nitrogens with one attached hydrogen (secondary N) is 2. The van der Waals surface area contributed by atoms with Gasteiger partial charge in [0, 0.05) is 24.1 Å². The molecule has 1 atom stereocenters. The van der Waals surface area contributed by atoms with Gasteiger partial charge in [0.05, 0.1) is 11.5 Å². The van der Waals surface area contributed by atoms with Crippen LogP contribution in [0.25, 0.3) is 11.2 Å². The van der Waals surface area contributed by atoms with Gasteiger partial charge < -0.3 is 10.6 Å². The third-order valence-electron chi connectivity index (χ3n) is 4.54. The largest absolute Gasteiger partial charge is 0.350 e. The lowest BCUT2D eigenvalue weighted by molar-refractivity contribution is 0.602. The number of fused-ring (bicyclic) bond motifs is 1. The number of anilines is 3. The normalized spacial score (nSPS) is 18.5. The first-order chi connectivity index (χ1) is 12.9. The van der Waals surface area contributed by atoms with Crippen LogP contribution in [0.4, 0.5) is 17.5 Å². The average Bonchev–Trinajstić information content (AvgIpc) is 2.96. The van der Waals surface area contributed by atoms with Crippen molar-refractivity contribution in [1.29, 1.82) is 0 Å². The maximum atomic E-state index is 11.7. The Morgan fingerprint density at radius 3 is 2.70 bits per heavy atom. The minimum atomic E-state index is -2.99. The first-order valence-electron chi connectivity index (χ1n) is 8.70. The lowest BCUT2D eigenvalue weighted by atomic mass is 10.1. The van der Waals surface area contributed by atoms with Crippen LogP contribution in [0.2, 0.25) is 0 Å². The maximum absolute atomic E-state index is 11.7. The van der Waals surface area contributed by atoms with Crippen LogP contribution in [0.5, 0.6) is 0 Å². The Balaban J connectivity index is 1.71. The van der Waals surface area contributed by atoms with Gasteiger partial charge >= 0.3 is 0 Å². The fourth-order valence-corrected chi connectivity index (χ4v) is 4.78. The summed E-state index contributed by atoms with van der Waals surface area (Å²) in [6.45, 7) is 4.04. The van der Waals surface area contributed by atoms with E-state index in [1.807, 2.05) is 32.0 Å². The molecule has 1 aliphatic rings. The Morgan fingerprint density at radius 1 is 1.11 bits per heavy atom. The van der Waals surface area contributed by atoms with Crippen LogP contribution in [0.3, 0.4) is 0 Å². The van der Waals surface area contributed by atoms with Crippen molar-refractivity contribution in [2.75, 3.05) is 22.1 Å². The van der Waals surface area contributed by atoms with Gasteiger partial charge in [-0.05, 0) is 37.5 Å². The minimum Gasteiger partial charge on any atom is -0.350 e. The Labute approximate surface area is 157 Å². The number of benzene rings is 1. The molecule has 8 nitrogen and oxygen atoms in total. The Morgan fingerprint density at radius 2 is 1.93 bits per heavy atom. The predicted octanol–water partition coefficient (Wildman–Crippen LogP) is 2.38. The van der Waals surface area contributed by atoms with Crippen LogP contribution < -0.4 is 10.6 Å². The Bertz CT molecular complexity index is 1120. The van der Waals surface area contributed by atoms with Gasteiger partial charge in [-0.25, -0.2) is 18.4 Å². The van der Waals surface area contributed by atoms with Gasteiger partial charge in [-0.3, -0.25) is 0 Å². The topological polar surface area (TPSA) is 110 Å². The zero-order valence-corrected chi connectivity index (χ0v) is 15.9. The summed E-state index contributed by atoms with van der Waals surface area (Å²) in [6.07, 6.45) is 3.71. The van der Waals surface area contributed by atoms with Crippen LogP contribution in [-0.4, -0.2) is 45.9 Å². The van der Waals surface area contributed by atoms with E-state index in [2.05, 4.69) is 30.6 Å². The fraction of sp³-hybridized carbons (Fsp3) is 0.333. The molecule has 0 aliphatic carbocycles. The monoisotopic (exact) mass is 384 g/mol. The number of rotatable bonds is 4. The van der Waals surface area contributed by atoms with Crippen LogP contribution in [0, 0.1) is 13.8 Å². The van der Waals surface area contributed by atoms with Gasteiger partial charge in [0.25, 0.3) is 0 Å². The van der Waals surface area contributed by atoms with E-state index in [-0.39, 0.29) is 17.5 Å². The maximum Gasteiger partial charge on any atom is 0.227 e. The molecule has 0 spiro atoms. The molecule has 1 fully saturated rings. The zero-order valence-electron chi connectivity index (χ0n) is 15.1. The van der Waals surface area contributed by atoms with Crippen LogP contribution in [0.1, 0.15) is 17.5 Å². The van der Waals surface area contributed by atoms with Crippen molar-refractivity contribution in [3.05, 3.63) is 41.7 Å². The molecule has 3 aromatic rings. The zero-order chi connectivity index (χ0) is 19.0. The van der Waals surface area contributed by atoms with Gasteiger partial charge in [0.15, 0.2) is 26.8 Å². The highest BCUT2D eigenvalue weighted by Crippen LogP contribution is 2.26. The molecule has 3 heterocycles. The van der Waals surface area contributed by atoms with Gasteiger partial charge in [-0.1, -0.05) is 12.1 Å². The lowest BCUT2D eigenvalue weighted by Crippen LogP contribution is -2.22. The fourth-order valence-electron chi connectivity index (χ4n) is 3.10. The van der Waals surface area contributed by atoms with Crippen LogP contribution in [-0.2, 0) is 9.84 Å². The van der Waals surface area contributed by atoms with Crippen molar-refractivity contribution in [3.8, 4) is 0 Å². The number of sulfone groups is 1. The van der Waals surface area contributed by atoms with Crippen molar-refractivity contribution in [3.63, 3.8) is 0 Å². The molecule has 27 heavy (non-hydrogen) atoms. The molecule has 0 bridgehead atoms. The van der Waals surface area contributed by atoms with Gasteiger partial charge in [0.1, 0.15) is 0 Å². The van der Waals surface area contributed by atoms with E-state index in [0.717, 1.165) is 16.8 Å². The summed E-state index contributed by atoms with van der Waals surface area (Å²) in [5.74, 6) is 1.16. The molecular formula is C18H20N6O2S. The number of aryl methyl sites for hydroxylation is 2. The highest BCUT2D eigenvalue weighted by atomic mass is 32.2. The summed E-state index contributed by atoms with van der Waals surface area (Å²) in [5, 5.41) is 6.46. The summed E-state index contributed by atoms with van der Waals surface area (Å²) >= 11 is 0. The number of hydrogen-bond donors (Lipinski definition) is 2. The molecule has 2 N–H and O–H groups in total. The standard InChI is InChI=1S/C18H20N6O2S/c1-11-3-4-12(2)14(9-11)22-17-15-16(20-7-6-19-15)23-18(24-17)21-13-5-8-27(25,26)10-13/h3-4,6-7,9,13H,5,8,10H2,1-2H3,(H2,20,21,22,23,24)/t13-/m1/s1. The quantitative estimate of drug-likeness (QED) is 0.705. The van der Waals surface area contributed by atoms with E-state index in [0.29, 0.717) is 29.4 Å². The van der Waals surface area contributed by atoms with E-state index in [4.69, 9.17) is 0 Å². The number of hydrogen-bond acceptors (Lipinski definition) is 8. The van der Waals surface area contributed by atoms with Gasteiger partial charge in [-0.15, -0.1) is 0 Å². The molecule has 4 rings (SSSR count). The van der Waals surface area contributed by atoms with Crippen molar-refractivity contribution in [1.82, 2.24) is 19.9 Å². The summed E-state index contributed by atoms with van der Waals surface area (Å²) in [6, 6.07) is 5.93. The first kappa shape index (κ1) is 17.6. The van der Waals surface area contributed by atoms with Gasteiger partial charge in [-0.2, -0.15) is 9.97 Å². The highest BCUT2D eigenvalue weighted by Gasteiger charge is 2.28. The second-order valence-corrected chi connectivity index (χ2v) is 9.04. The molecule has 2 aromatic heterocycles. The predicted molar refractivity (Wildman–Crippen MR) is 105 cm³/mol. The molecule has 1 saturated heterocycles. The van der Waals surface area contributed by atoms with Gasteiger partial charge in [0.2, 0.25) is 5.95 Å². The van der Waals surface area contributed by atoms with Crippen molar-refractivity contribution in [2.24, 2.45) is 0 Å². The molecule has 1 aliphatic heterocycles. The van der Waals surface area contributed by atoms with Crippen molar-refractivity contribution < 1.29 is 8.42 Å². The third kappa shape index (κ3) is 3.82. The highest BCUT2D eigenvalue weighted by molar-refractivity contribution is 7.91. The Hall–Kier alpha value is -2.81. The average molecular weight is 384 g/mol. The second kappa shape index (κ2) is 6.73. The third-order valence-corrected chi connectivity index (χ3v) is 6.31. The van der Waals surface area contributed by atoms with E-state index in [1.54, 1.807) is 12.4 Å². The van der Waals surface area contributed by atoms with E-state index in [9.17, 15) is 8.42 Å². The summed E-state index contributed by atoms with van der Waals surface area (Å²) in [5.41, 5.74) is 4.14. The van der Waals surface area contributed by atoms with Crippen LogP contribution in [0.15, 0.2) is 30.6 Å². The Kier molecular flexibility index (Phi) is 4.39. The lowest BCUT2D eigenvalue weighted by Gasteiger charge is -2.15. The number of nitrogens with zero attached hydrogens (tertiary/aromatic N) is 4. The van der Waals surface area contributed by atoms with Crippen molar-refractivity contribution in [2.45, 2.75) is 26.3 Å². The van der Waals surface area contributed by atoms with E-state index in [1.165, 1.54) is 0 Å².